The first-order chi connectivity index (χ1) is 10.5. The maximum Gasteiger partial charge on any atom is 0.261 e. The first kappa shape index (κ1) is 15.1. The van der Waals surface area contributed by atoms with Crippen molar-refractivity contribution in [1.29, 1.82) is 0 Å². The zero-order valence-corrected chi connectivity index (χ0v) is 11.4. The van der Waals surface area contributed by atoms with Gasteiger partial charge >= 0.3 is 0 Å². The van der Waals surface area contributed by atoms with Crippen LogP contribution >= 0.6 is 0 Å². The summed E-state index contributed by atoms with van der Waals surface area (Å²) in [4.78, 5) is 23.4. The van der Waals surface area contributed by atoms with Gasteiger partial charge in [0.25, 0.3) is 11.8 Å². The van der Waals surface area contributed by atoms with E-state index in [-0.39, 0.29) is 22.8 Å². The van der Waals surface area contributed by atoms with Crippen molar-refractivity contribution in [2.24, 2.45) is 0 Å². The molecule has 0 aliphatic heterocycles. The zero-order chi connectivity index (χ0) is 16.1. The van der Waals surface area contributed by atoms with Gasteiger partial charge in [0.1, 0.15) is 5.75 Å². The van der Waals surface area contributed by atoms with Gasteiger partial charge in [0, 0.05) is 6.08 Å². The van der Waals surface area contributed by atoms with Crippen LogP contribution in [0.1, 0.15) is 15.9 Å². The summed E-state index contributed by atoms with van der Waals surface area (Å²) in [6, 6.07) is 9.89. The fraction of sp³-hybridized carbons (Fsp3) is 0. The van der Waals surface area contributed by atoms with Crippen molar-refractivity contribution in [2.45, 2.75) is 0 Å². The number of imide groups is 1. The third-order valence-electron chi connectivity index (χ3n) is 2.81. The lowest BCUT2D eigenvalue weighted by atomic mass is 10.1. The molecule has 0 atom stereocenters. The van der Waals surface area contributed by atoms with Crippen molar-refractivity contribution in [1.82, 2.24) is 5.32 Å². The van der Waals surface area contributed by atoms with Crippen LogP contribution in [-0.4, -0.2) is 27.1 Å². The lowest BCUT2D eigenvalue weighted by Crippen LogP contribution is -2.28. The van der Waals surface area contributed by atoms with E-state index in [1.807, 2.05) is 0 Å². The van der Waals surface area contributed by atoms with E-state index < -0.39 is 11.8 Å². The van der Waals surface area contributed by atoms with Crippen LogP contribution in [0.2, 0.25) is 0 Å². The second kappa shape index (κ2) is 6.45. The second-order valence-electron chi connectivity index (χ2n) is 4.42. The Balaban J connectivity index is 2.03. The summed E-state index contributed by atoms with van der Waals surface area (Å²) in [6.45, 7) is 0. The maximum atomic E-state index is 11.8. The summed E-state index contributed by atoms with van der Waals surface area (Å²) in [5.41, 5.74) is 0.465. The molecule has 112 valence electrons. The molecule has 6 nitrogen and oxygen atoms in total. The standard InChI is InChI=1S/C16H13NO5/c18-12-4-2-1-3-11(12)16(22)17-15(21)8-6-10-5-7-13(19)14(20)9-10/h1-9,18-20H,(H,17,21,22)/b8-6+. The molecule has 2 aromatic carbocycles. The SMILES string of the molecule is O=C(/C=C/c1ccc(O)c(O)c1)NC(=O)c1ccccc1O. The normalized spacial score (nSPS) is 10.5. The highest BCUT2D eigenvalue weighted by Gasteiger charge is 2.11. The van der Waals surface area contributed by atoms with E-state index in [2.05, 4.69) is 5.32 Å². The first-order valence-corrected chi connectivity index (χ1v) is 6.31. The van der Waals surface area contributed by atoms with Crippen LogP contribution in [0.25, 0.3) is 6.08 Å². The number of rotatable bonds is 3. The number of aromatic hydroxyl groups is 3. The third kappa shape index (κ3) is 3.63. The fourth-order valence-electron chi connectivity index (χ4n) is 1.70. The monoisotopic (exact) mass is 299 g/mol. The Hall–Kier alpha value is -3.28. The summed E-state index contributed by atoms with van der Waals surface area (Å²) >= 11 is 0. The van der Waals surface area contributed by atoms with Gasteiger partial charge in [-0.05, 0) is 35.9 Å². The molecule has 0 aliphatic carbocycles. The molecule has 2 amide bonds. The number of carbonyl (C=O) groups excluding carboxylic acids is 2. The average molecular weight is 299 g/mol. The summed E-state index contributed by atoms with van der Waals surface area (Å²) in [7, 11) is 0. The summed E-state index contributed by atoms with van der Waals surface area (Å²) in [5, 5.41) is 30.1. The highest BCUT2D eigenvalue weighted by atomic mass is 16.3. The Bertz CT molecular complexity index is 752. The molecule has 0 unspecified atom stereocenters. The van der Waals surface area contributed by atoms with Crippen LogP contribution in [-0.2, 0) is 4.79 Å². The minimum atomic E-state index is -0.721. The molecule has 0 spiro atoms. The smallest absolute Gasteiger partial charge is 0.261 e. The van der Waals surface area contributed by atoms with Crippen LogP contribution in [0.15, 0.2) is 48.5 Å². The molecule has 22 heavy (non-hydrogen) atoms. The predicted octanol–water partition coefficient (Wildman–Crippen LogP) is 1.77. The fourth-order valence-corrected chi connectivity index (χ4v) is 1.70. The molecule has 2 rings (SSSR count). The molecule has 2 aromatic rings. The molecule has 4 N–H and O–H groups in total. The van der Waals surface area contributed by atoms with Crippen molar-refractivity contribution in [2.75, 3.05) is 0 Å². The van der Waals surface area contributed by atoms with Crippen molar-refractivity contribution in [3.63, 3.8) is 0 Å². The Morgan fingerprint density at radius 1 is 0.909 bits per heavy atom. The molecule has 0 fully saturated rings. The number of hydrogen-bond donors (Lipinski definition) is 4. The van der Waals surface area contributed by atoms with Gasteiger partial charge < -0.3 is 15.3 Å². The third-order valence-corrected chi connectivity index (χ3v) is 2.81. The molecular weight excluding hydrogens is 286 g/mol. The van der Waals surface area contributed by atoms with Crippen molar-refractivity contribution >= 4 is 17.9 Å². The first-order valence-electron chi connectivity index (χ1n) is 6.31. The second-order valence-corrected chi connectivity index (χ2v) is 4.42. The van der Waals surface area contributed by atoms with E-state index in [9.17, 15) is 24.9 Å². The van der Waals surface area contributed by atoms with Gasteiger partial charge in [0.2, 0.25) is 0 Å². The molecule has 6 heteroatoms. The van der Waals surface area contributed by atoms with Crippen LogP contribution < -0.4 is 5.32 Å². The van der Waals surface area contributed by atoms with Crippen molar-refractivity contribution in [3.8, 4) is 17.2 Å². The number of carbonyl (C=O) groups is 2. The van der Waals surface area contributed by atoms with Gasteiger partial charge in [-0.1, -0.05) is 18.2 Å². The van der Waals surface area contributed by atoms with Crippen LogP contribution in [0.3, 0.4) is 0 Å². The maximum absolute atomic E-state index is 11.8. The van der Waals surface area contributed by atoms with E-state index in [4.69, 9.17) is 0 Å². The van der Waals surface area contributed by atoms with Gasteiger partial charge in [0.15, 0.2) is 11.5 Å². The van der Waals surface area contributed by atoms with Crippen LogP contribution in [0.5, 0.6) is 17.2 Å². The Labute approximate surface area is 126 Å². The van der Waals surface area contributed by atoms with Gasteiger partial charge in [-0.15, -0.1) is 0 Å². The number of hydrogen-bond acceptors (Lipinski definition) is 5. The lowest BCUT2D eigenvalue weighted by Gasteiger charge is -2.03. The molecule has 0 radical (unpaired) electrons. The molecule has 0 aromatic heterocycles. The summed E-state index contributed by atoms with van der Waals surface area (Å²) in [5.74, 6) is -2.20. The summed E-state index contributed by atoms with van der Waals surface area (Å²) in [6.07, 6.45) is 2.47. The number of benzene rings is 2. The molecular formula is C16H13NO5. The minimum absolute atomic E-state index is 0.00784. The zero-order valence-electron chi connectivity index (χ0n) is 11.4. The molecule has 0 heterocycles. The van der Waals surface area contributed by atoms with E-state index in [0.29, 0.717) is 5.56 Å². The predicted molar refractivity (Wildman–Crippen MR) is 79.4 cm³/mol. The molecule has 0 aliphatic rings. The highest BCUT2D eigenvalue weighted by molar-refractivity contribution is 6.10. The van der Waals surface area contributed by atoms with E-state index in [1.165, 1.54) is 36.4 Å². The highest BCUT2D eigenvalue weighted by Crippen LogP contribution is 2.25. The van der Waals surface area contributed by atoms with Crippen molar-refractivity contribution in [3.05, 3.63) is 59.7 Å². The Morgan fingerprint density at radius 3 is 2.32 bits per heavy atom. The number of nitrogens with one attached hydrogen (secondary N) is 1. The number of para-hydroxylation sites is 1. The molecule has 0 saturated carbocycles. The Kier molecular flexibility index (Phi) is 4.43. The largest absolute Gasteiger partial charge is 0.507 e. The summed E-state index contributed by atoms with van der Waals surface area (Å²) < 4.78 is 0. The number of amides is 2. The van der Waals surface area contributed by atoms with Crippen LogP contribution in [0, 0.1) is 0 Å². The van der Waals surface area contributed by atoms with E-state index >= 15 is 0 Å². The molecule has 0 saturated heterocycles. The lowest BCUT2D eigenvalue weighted by molar-refractivity contribution is -0.115. The van der Waals surface area contributed by atoms with E-state index in [1.54, 1.807) is 12.1 Å². The van der Waals surface area contributed by atoms with Gasteiger partial charge in [-0.25, -0.2) is 0 Å². The number of phenols is 3. The van der Waals surface area contributed by atoms with Gasteiger partial charge in [-0.3, -0.25) is 14.9 Å². The van der Waals surface area contributed by atoms with Gasteiger partial charge in [0.05, 0.1) is 5.56 Å². The average Bonchev–Trinajstić information content (AvgIpc) is 2.49. The number of phenolic OH excluding ortho intramolecular Hbond substituents is 3. The van der Waals surface area contributed by atoms with Gasteiger partial charge in [-0.2, -0.15) is 0 Å². The molecule has 0 bridgehead atoms. The van der Waals surface area contributed by atoms with Crippen molar-refractivity contribution < 1.29 is 24.9 Å². The van der Waals surface area contributed by atoms with E-state index in [0.717, 1.165) is 6.08 Å². The van der Waals surface area contributed by atoms with Crippen LogP contribution in [0.4, 0.5) is 0 Å². The Morgan fingerprint density at radius 2 is 1.64 bits per heavy atom. The minimum Gasteiger partial charge on any atom is -0.507 e. The quantitative estimate of drug-likeness (QED) is 0.510. The topological polar surface area (TPSA) is 107 Å².